The number of primary amides is 1. The van der Waals surface area contributed by atoms with Gasteiger partial charge in [-0.05, 0) is 19.2 Å². The summed E-state index contributed by atoms with van der Waals surface area (Å²) in [6.45, 7) is 2.50. The first-order chi connectivity index (χ1) is 11.0. The van der Waals surface area contributed by atoms with Crippen LogP contribution in [0.4, 0.5) is 0 Å². The maximum atomic E-state index is 12.8. The number of likely N-dealkylation sites (N-methyl/N-ethyl adjacent to an activating group) is 1. The van der Waals surface area contributed by atoms with Crippen LogP contribution in [0.25, 0.3) is 6.08 Å². The Balaban J connectivity index is 1.80. The van der Waals surface area contributed by atoms with Crippen LogP contribution in [-0.2, 0) is 9.59 Å². The molecule has 6 heteroatoms. The molecule has 1 aromatic carbocycles. The fourth-order valence-electron chi connectivity index (χ4n) is 2.98. The van der Waals surface area contributed by atoms with Gasteiger partial charge in [0, 0.05) is 31.7 Å². The number of rotatable bonds is 2. The summed E-state index contributed by atoms with van der Waals surface area (Å²) in [5, 5.41) is 0. The van der Waals surface area contributed by atoms with Crippen molar-refractivity contribution in [3.63, 3.8) is 0 Å². The molecule has 122 valence electrons. The van der Waals surface area contributed by atoms with Crippen molar-refractivity contribution in [1.29, 1.82) is 0 Å². The van der Waals surface area contributed by atoms with Gasteiger partial charge in [-0.25, -0.2) is 0 Å². The zero-order valence-corrected chi connectivity index (χ0v) is 13.2. The Bertz CT molecular complexity index is 656. The van der Waals surface area contributed by atoms with E-state index in [0.717, 1.165) is 17.9 Å². The molecule has 0 radical (unpaired) electrons. The summed E-state index contributed by atoms with van der Waals surface area (Å²) in [5.41, 5.74) is 6.97. The lowest BCUT2D eigenvalue weighted by Gasteiger charge is -2.25. The third-order valence-electron chi connectivity index (χ3n) is 4.32. The molecule has 1 saturated heterocycles. The molecule has 0 saturated carbocycles. The molecular formula is C17H21N3O3. The second-order valence-corrected chi connectivity index (χ2v) is 6.11. The minimum Gasteiger partial charge on any atom is -0.488 e. The predicted molar refractivity (Wildman–Crippen MR) is 86.7 cm³/mol. The summed E-state index contributed by atoms with van der Waals surface area (Å²) in [5.74, 6) is -0.00432. The first kappa shape index (κ1) is 15.6. The molecule has 0 bridgehead atoms. The zero-order valence-electron chi connectivity index (χ0n) is 13.2. The van der Waals surface area contributed by atoms with Gasteiger partial charge >= 0.3 is 0 Å². The van der Waals surface area contributed by atoms with Crippen LogP contribution in [0, 0.1) is 5.92 Å². The zero-order chi connectivity index (χ0) is 16.4. The van der Waals surface area contributed by atoms with E-state index in [2.05, 4.69) is 0 Å². The van der Waals surface area contributed by atoms with E-state index in [-0.39, 0.29) is 24.3 Å². The Morgan fingerprint density at radius 1 is 1.22 bits per heavy atom. The number of nitrogens with two attached hydrogens (primary N) is 1. The van der Waals surface area contributed by atoms with E-state index >= 15 is 0 Å². The number of benzene rings is 1. The quantitative estimate of drug-likeness (QED) is 0.854. The molecule has 23 heavy (non-hydrogen) atoms. The Morgan fingerprint density at radius 2 is 2.00 bits per heavy atom. The number of hydrogen-bond donors (Lipinski definition) is 1. The maximum absolute atomic E-state index is 12.8. The molecule has 2 aliphatic heterocycles. The van der Waals surface area contributed by atoms with Crippen molar-refractivity contribution in [1.82, 2.24) is 9.80 Å². The van der Waals surface area contributed by atoms with Gasteiger partial charge in [-0.3, -0.25) is 9.59 Å². The Morgan fingerprint density at radius 3 is 2.78 bits per heavy atom. The first-order valence-electron chi connectivity index (χ1n) is 7.74. The van der Waals surface area contributed by atoms with E-state index in [9.17, 15) is 9.59 Å². The van der Waals surface area contributed by atoms with Crippen LogP contribution in [0.3, 0.4) is 0 Å². The molecule has 0 unspecified atom stereocenters. The average Bonchev–Trinajstić information content (AvgIpc) is 2.76. The smallest absolute Gasteiger partial charge is 0.253 e. The number of hydrogen-bond acceptors (Lipinski definition) is 4. The van der Waals surface area contributed by atoms with Crippen LogP contribution in [0.5, 0.6) is 5.75 Å². The molecule has 2 amide bonds. The molecule has 2 aliphatic rings. The van der Waals surface area contributed by atoms with Crippen LogP contribution in [-0.4, -0.2) is 61.4 Å². The van der Waals surface area contributed by atoms with Crippen molar-refractivity contribution >= 4 is 17.9 Å². The van der Waals surface area contributed by atoms with Crippen LogP contribution in [0.1, 0.15) is 5.56 Å². The normalized spacial score (nSPS) is 21.7. The third kappa shape index (κ3) is 3.37. The van der Waals surface area contributed by atoms with Crippen molar-refractivity contribution in [2.24, 2.45) is 11.7 Å². The predicted octanol–water partition coefficient (Wildman–Crippen LogP) is 0.338. The van der Waals surface area contributed by atoms with Crippen molar-refractivity contribution in [2.75, 3.05) is 39.8 Å². The summed E-state index contributed by atoms with van der Waals surface area (Å²) >= 11 is 0. The lowest BCUT2D eigenvalue weighted by atomic mass is 10.1. The minimum atomic E-state index is -0.365. The highest BCUT2D eigenvalue weighted by Crippen LogP contribution is 2.26. The van der Waals surface area contributed by atoms with Gasteiger partial charge in [0.05, 0.1) is 11.5 Å². The molecule has 1 fully saturated rings. The average molecular weight is 315 g/mol. The molecule has 2 heterocycles. The number of amides is 2. The van der Waals surface area contributed by atoms with Gasteiger partial charge < -0.3 is 20.3 Å². The van der Waals surface area contributed by atoms with Crippen LogP contribution in [0.15, 0.2) is 29.8 Å². The molecule has 3 rings (SSSR count). The van der Waals surface area contributed by atoms with E-state index in [1.807, 2.05) is 42.3 Å². The summed E-state index contributed by atoms with van der Waals surface area (Å²) < 4.78 is 5.66. The monoisotopic (exact) mass is 315 g/mol. The fraction of sp³-hybridized carbons (Fsp3) is 0.412. The number of carbonyl (C=O) groups is 2. The number of fused-ring (bicyclic) bond motifs is 1. The van der Waals surface area contributed by atoms with Crippen molar-refractivity contribution in [3.05, 3.63) is 35.4 Å². The van der Waals surface area contributed by atoms with Gasteiger partial charge in [0.25, 0.3) is 5.91 Å². The molecule has 0 aromatic heterocycles. The molecule has 1 aromatic rings. The van der Waals surface area contributed by atoms with Gasteiger partial charge in [-0.2, -0.15) is 0 Å². The Labute approximate surface area is 135 Å². The van der Waals surface area contributed by atoms with Crippen LogP contribution < -0.4 is 10.5 Å². The first-order valence-corrected chi connectivity index (χ1v) is 7.74. The van der Waals surface area contributed by atoms with Gasteiger partial charge in [0.2, 0.25) is 5.91 Å². The van der Waals surface area contributed by atoms with Crippen molar-refractivity contribution < 1.29 is 14.3 Å². The van der Waals surface area contributed by atoms with Crippen LogP contribution in [0.2, 0.25) is 0 Å². The van der Waals surface area contributed by atoms with E-state index in [0.29, 0.717) is 25.2 Å². The Hall–Kier alpha value is -2.34. The molecule has 0 spiro atoms. The number of para-hydroxylation sites is 1. The van der Waals surface area contributed by atoms with E-state index < -0.39 is 0 Å². The SMILES string of the molecule is CN1CCN(C(=O)C2=Cc3ccccc3OC2)C[C@H](C(N)=O)C1. The highest BCUT2D eigenvalue weighted by atomic mass is 16.5. The lowest BCUT2D eigenvalue weighted by molar-refractivity contribution is -0.129. The van der Waals surface area contributed by atoms with Crippen LogP contribution >= 0.6 is 0 Å². The van der Waals surface area contributed by atoms with Crippen molar-refractivity contribution in [3.8, 4) is 5.75 Å². The minimum absolute atomic E-state index is 0.0824. The summed E-state index contributed by atoms with van der Waals surface area (Å²) in [4.78, 5) is 28.1. The number of nitrogens with zero attached hydrogens (tertiary/aromatic N) is 2. The van der Waals surface area contributed by atoms with Gasteiger partial charge in [-0.1, -0.05) is 18.2 Å². The van der Waals surface area contributed by atoms with E-state index in [1.165, 1.54) is 0 Å². The largest absolute Gasteiger partial charge is 0.488 e. The topological polar surface area (TPSA) is 75.9 Å². The summed E-state index contributed by atoms with van der Waals surface area (Å²) in [6, 6.07) is 7.62. The third-order valence-corrected chi connectivity index (χ3v) is 4.32. The molecular weight excluding hydrogens is 294 g/mol. The molecule has 0 aliphatic carbocycles. The molecule has 2 N–H and O–H groups in total. The standard InChI is InChI=1S/C17H21N3O3/c1-19-6-7-20(10-14(9-19)16(18)21)17(22)13-8-12-4-2-3-5-15(12)23-11-13/h2-5,8,14H,6-7,9-11H2,1H3,(H2,18,21)/t14-/m1/s1. The maximum Gasteiger partial charge on any atom is 0.253 e. The van der Waals surface area contributed by atoms with E-state index in [1.54, 1.807) is 4.90 Å². The summed E-state index contributed by atoms with van der Waals surface area (Å²) in [6.07, 6.45) is 1.87. The number of ether oxygens (including phenoxy) is 1. The van der Waals surface area contributed by atoms with Crippen molar-refractivity contribution in [2.45, 2.75) is 0 Å². The van der Waals surface area contributed by atoms with Gasteiger partial charge in [0.1, 0.15) is 12.4 Å². The molecule has 6 nitrogen and oxygen atoms in total. The highest BCUT2D eigenvalue weighted by molar-refractivity contribution is 5.99. The summed E-state index contributed by atoms with van der Waals surface area (Å²) in [7, 11) is 1.93. The number of carbonyl (C=O) groups excluding carboxylic acids is 2. The second kappa shape index (κ2) is 6.42. The molecule has 1 atom stereocenters. The highest BCUT2D eigenvalue weighted by Gasteiger charge is 2.29. The van der Waals surface area contributed by atoms with Gasteiger partial charge in [-0.15, -0.1) is 0 Å². The lowest BCUT2D eigenvalue weighted by Crippen LogP contribution is -2.41. The second-order valence-electron chi connectivity index (χ2n) is 6.11. The van der Waals surface area contributed by atoms with Gasteiger partial charge in [0.15, 0.2) is 0 Å². The van der Waals surface area contributed by atoms with E-state index in [4.69, 9.17) is 10.5 Å². The Kier molecular flexibility index (Phi) is 4.34. The fourth-order valence-corrected chi connectivity index (χ4v) is 2.98.